The van der Waals surface area contributed by atoms with E-state index in [-0.39, 0.29) is 8.83 Å². The van der Waals surface area contributed by atoms with Gasteiger partial charge in [0.25, 0.3) is 0 Å². The van der Waals surface area contributed by atoms with E-state index in [4.69, 9.17) is 11.1 Å². The second-order valence-electron chi connectivity index (χ2n) is 1.40. The molecule has 0 unspecified atom stereocenters. The third-order valence-electron chi connectivity index (χ3n) is 0.609. The van der Waals surface area contributed by atoms with E-state index in [0.717, 1.165) is 13.1 Å². The quantitative estimate of drug-likeness (QED) is 0.488. The van der Waals surface area contributed by atoms with Gasteiger partial charge in [-0.25, -0.2) is 0 Å². The molecule has 56 valence electrons. The topological polar surface area (TPSA) is 12.0 Å². The van der Waals surface area contributed by atoms with Crippen LogP contribution in [-0.4, -0.2) is 21.9 Å². The van der Waals surface area contributed by atoms with Crippen LogP contribution in [0.5, 0.6) is 0 Å². The fourth-order valence-corrected chi connectivity index (χ4v) is 0.250. The van der Waals surface area contributed by atoms with Crippen molar-refractivity contribution >= 4 is 19.9 Å². The van der Waals surface area contributed by atoms with Crippen LogP contribution in [0.1, 0.15) is 13.8 Å². The molecule has 0 aliphatic heterocycles. The highest BCUT2D eigenvalue weighted by atomic mass is 35.6. The number of rotatable bonds is 3. The first-order chi connectivity index (χ1) is 4.33. The molecular weight excluding hydrogens is 150 g/mol. The zero-order chi connectivity index (χ0) is 7.54. The van der Waals surface area contributed by atoms with Crippen molar-refractivity contribution in [2.75, 3.05) is 13.1 Å². The summed E-state index contributed by atoms with van der Waals surface area (Å²) in [6, 6.07) is 0. The molecular formula is C6H16ClNSi. The predicted octanol–water partition coefficient (Wildman–Crippen LogP) is 1.07. The molecule has 0 aromatic heterocycles. The normalized spacial score (nSPS) is 8.78. The fourth-order valence-electron chi connectivity index (χ4n) is 0.250. The minimum absolute atomic E-state index is 0.340. The molecule has 9 heavy (non-hydrogen) atoms. The lowest BCUT2D eigenvalue weighted by molar-refractivity contribution is 0.762. The van der Waals surface area contributed by atoms with Gasteiger partial charge in [-0.05, 0) is 13.1 Å². The first-order valence-electron chi connectivity index (χ1n) is 3.21. The Bertz CT molecular complexity index is 48.3. The third kappa shape index (κ3) is 30.7. The molecule has 0 saturated carbocycles. The Kier molecular flexibility index (Phi) is 20.9. The van der Waals surface area contributed by atoms with Crippen LogP contribution in [0.3, 0.4) is 0 Å². The smallest absolute Gasteiger partial charge is 0.148 e. The molecule has 0 fully saturated rings. The summed E-state index contributed by atoms with van der Waals surface area (Å²) >= 11 is 5.21. The van der Waals surface area contributed by atoms with Gasteiger partial charge in [0.15, 0.2) is 0 Å². The van der Waals surface area contributed by atoms with E-state index in [2.05, 4.69) is 25.7 Å². The molecule has 0 aliphatic rings. The molecule has 0 spiro atoms. The molecule has 1 N–H and O–H groups in total. The van der Waals surface area contributed by atoms with Gasteiger partial charge in [0.05, 0.1) is 0 Å². The molecule has 0 aromatic rings. The summed E-state index contributed by atoms with van der Waals surface area (Å²) in [7, 11) is -0.340. The van der Waals surface area contributed by atoms with Crippen LogP contribution in [0.4, 0.5) is 0 Å². The lowest BCUT2D eigenvalue weighted by atomic mass is 10.7. The number of nitrogens with one attached hydrogen (secondary N) is 1. The summed E-state index contributed by atoms with van der Waals surface area (Å²) in [6.07, 6.45) is 0. The van der Waals surface area contributed by atoms with Gasteiger partial charge in [-0.1, -0.05) is 19.5 Å². The van der Waals surface area contributed by atoms with Crippen molar-refractivity contribution in [2.45, 2.75) is 13.8 Å². The van der Waals surface area contributed by atoms with Gasteiger partial charge in [0.2, 0.25) is 0 Å². The second-order valence-corrected chi connectivity index (χ2v) is 3.21. The van der Waals surface area contributed by atoms with Crippen LogP contribution in [0.15, 0.2) is 12.3 Å². The van der Waals surface area contributed by atoms with E-state index < -0.39 is 0 Å². The monoisotopic (exact) mass is 165 g/mol. The first-order valence-corrected chi connectivity index (χ1v) is 6.16. The number of halogens is 1. The van der Waals surface area contributed by atoms with Gasteiger partial charge >= 0.3 is 0 Å². The molecule has 0 saturated heterocycles. The molecule has 0 atom stereocenters. The zero-order valence-electron chi connectivity index (χ0n) is 6.28. The van der Waals surface area contributed by atoms with Crippen LogP contribution in [0.25, 0.3) is 0 Å². The Morgan fingerprint density at radius 1 is 1.56 bits per heavy atom. The molecule has 0 radical (unpaired) electrons. The van der Waals surface area contributed by atoms with Crippen molar-refractivity contribution in [1.82, 2.24) is 5.32 Å². The summed E-state index contributed by atoms with van der Waals surface area (Å²) in [6.45, 7) is 9.80. The molecule has 0 heterocycles. The summed E-state index contributed by atoms with van der Waals surface area (Å²) in [4.78, 5) is 0. The van der Waals surface area contributed by atoms with Gasteiger partial charge in [0.1, 0.15) is 8.83 Å². The van der Waals surface area contributed by atoms with Crippen molar-refractivity contribution < 1.29 is 0 Å². The lowest BCUT2D eigenvalue weighted by Gasteiger charge is -1.86. The van der Waals surface area contributed by atoms with Crippen molar-refractivity contribution in [3.63, 3.8) is 0 Å². The Labute approximate surface area is 65.0 Å². The van der Waals surface area contributed by atoms with Crippen LogP contribution < -0.4 is 5.32 Å². The minimum atomic E-state index is -0.340. The van der Waals surface area contributed by atoms with Gasteiger partial charge < -0.3 is 5.32 Å². The standard InChI is InChI=1S/C4H11N.C2H5ClSi/c1-3-5-4-2;1-2-4-3/h5H,3-4H2,1-2H3;2H,1,4H2. The van der Waals surface area contributed by atoms with Crippen molar-refractivity contribution in [3.05, 3.63) is 12.3 Å². The van der Waals surface area contributed by atoms with Crippen LogP contribution in [0.2, 0.25) is 0 Å². The van der Waals surface area contributed by atoms with Crippen molar-refractivity contribution in [1.29, 1.82) is 0 Å². The van der Waals surface area contributed by atoms with Gasteiger partial charge in [-0.3, -0.25) is 0 Å². The Morgan fingerprint density at radius 2 is 1.89 bits per heavy atom. The summed E-state index contributed by atoms with van der Waals surface area (Å²) in [5.74, 6) is 0. The molecule has 0 rings (SSSR count). The third-order valence-corrected chi connectivity index (χ3v) is 1.48. The Balaban J connectivity index is 0. The van der Waals surface area contributed by atoms with E-state index in [1.807, 2.05) is 0 Å². The van der Waals surface area contributed by atoms with E-state index in [1.54, 1.807) is 5.70 Å². The zero-order valence-corrected chi connectivity index (χ0v) is 8.45. The van der Waals surface area contributed by atoms with E-state index >= 15 is 0 Å². The maximum atomic E-state index is 5.21. The van der Waals surface area contributed by atoms with E-state index in [1.165, 1.54) is 0 Å². The Hall–Kier alpha value is 0.207. The van der Waals surface area contributed by atoms with Gasteiger partial charge in [-0.2, -0.15) is 11.1 Å². The summed E-state index contributed by atoms with van der Waals surface area (Å²) in [5, 5.41) is 3.11. The molecule has 0 aliphatic carbocycles. The molecule has 0 amide bonds. The molecule has 0 aromatic carbocycles. The highest BCUT2D eigenvalue weighted by Gasteiger charge is 1.62. The maximum Gasteiger partial charge on any atom is 0.148 e. The predicted molar refractivity (Wildman–Crippen MR) is 48.8 cm³/mol. The van der Waals surface area contributed by atoms with E-state index in [0.29, 0.717) is 0 Å². The minimum Gasteiger partial charge on any atom is -0.317 e. The average molecular weight is 166 g/mol. The number of hydrogen-bond acceptors (Lipinski definition) is 1. The van der Waals surface area contributed by atoms with Gasteiger partial charge in [0, 0.05) is 0 Å². The SMILES string of the molecule is C=C[SiH2]Cl.CCNCC. The average Bonchev–Trinajstić information content (AvgIpc) is 1.91. The highest BCUT2D eigenvalue weighted by molar-refractivity contribution is 6.96. The highest BCUT2D eigenvalue weighted by Crippen LogP contribution is 1.61. The van der Waals surface area contributed by atoms with Crippen LogP contribution in [-0.2, 0) is 0 Å². The largest absolute Gasteiger partial charge is 0.317 e. The van der Waals surface area contributed by atoms with Crippen LogP contribution >= 0.6 is 11.1 Å². The van der Waals surface area contributed by atoms with Crippen molar-refractivity contribution in [3.8, 4) is 0 Å². The number of hydrogen-bond donors (Lipinski definition) is 1. The van der Waals surface area contributed by atoms with E-state index in [9.17, 15) is 0 Å². The van der Waals surface area contributed by atoms with Crippen molar-refractivity contribution in [2.24, 2.45) is 0 Å². The molecule has 0 bridgehead atoms. The first kappa shape index (κ1) is 11.9. The molecule has 3 heteroatoms. The lowest BCUT2D eigenvalue weighted by Crippen LogP contribution is -2.09. The van der Waals surface area contributed by atoms with Gasteiger partial charge in [-0.15, -0.1) is 6.58 Å². The molecule has 1 nitrogen and oxygen atoms in total. The second kappa shape index (κ2) is 15.7. The maximum absolute atomic E-state index is 5.21. The van der Waals surface area contributed by atoms with Crippen LogP contribution in [0, 0.1) is 0 Å². The fraction of sp³-hybridized carbons (Fsp3) is 0.667. The summed E-state index contributed by atoms with van der Waals surface area (Å²) < 4.78 is 0. The summed E-state index contributed by atoms with van der Waals surface area (Å²) in [5.41, 5.74) is 1.78. The Morgan fingerprint density at radius 3 is 1.89 bits per heavy atom.